The molecule has 0 radical (unpaired) electrons. The average molecular weight is 503 g/mol. The molecule has 6 heteroatoms. The van der Waals surface area contributed by atoms with Gasteiger partial charge >= 0.3 is 0 Å². The molecule has 0 saturated carbocycles. The van der Waals surface area contributed by atoms with Crippen LogP contribution in [0.3, 0.4) is 0 Å². The van der Waals surface area contributed by atoms with Crippen molar-refractivity contribution in [1.82, 2.24) is 20.4 Å². The number of nitrogens with zero attached hydrogens (tertiary/aromatic N) is 3. The molecule has 0 aliphatic carbocycles. The van der Waals surface area contributed by atoms with Crippen LogP contribution >= 0.6 is 24.0 Å². The molecule has 29 heavy (non-hydrogen) atoms. The van der Waals surface area contributed by atoms with Crippen LogP contribution in [0.1, 0.15) is 29.0 Å². The predicted octanol–water partition coefficient (Wildman–Crippen LogP) is 4.20. The summed E-state index contributed by atoms with van der Waals surface area (Å²) in [4.78, 5) is 4.33. The van der Waals surface area contributed by atoms with Gasteiger partial charge in [0, 0.05) is 32.3 Å². The van der Waals surface area contributed by atoms with Crippen molar-refractivity contribution >= 4 is 29.9 Å². The molecule has 2 N–H and O–H groups in total. The van der Waals surface area contributed by atoms with Crippen LogP contribution in [0.5, 0.6) is 0 Å². The molecule has 0 unspecified atom stereocenters. The minimum Gasteiger partial charge on any atom is -0.356 e. The molecular weight excluding hydrogens is 473 g/mol. The van der Waals surface area contributed by atoms with Gasteiger partial charge in [-0.3, -0.25) is 9.67 Å². The van der Waals surface area contributed by atoms with E-state index in [1.165, 1.54) is 16.7 Å². The van der Waals surface area contributed by atoms with Gasteiger partial charge in [0.2, 0.25) is 0 Å². The number of benzene rings is 2. The molecule has 154 valence electrons. The number of hydrogen-bond acceptors (Lipinski definition) is 2. The predicted molar refractivity (Wildman–Crippen MR) is 131 cm³/mol. The van der Waals surface area contributed by atoms with Crippen LogP contribution in [0, 0.1) is 6.92 Å². The Balaban J connectivity index is 0.00000300. The van der Waals surface area contributed by atoms with E-state index in [-0.39, 0.29) is 24.0 Å². The lowest BCUT2D eigenvalue weighted by Crippen LogP contribution is -2.39. The van der Waals surface area contributed by atoms with E-state index in [0.717, 1.165) is 32.0 Å². The van der Waals surface area contributed by atoms with E-state index in [4.69, 9.17) is 0 Å². The Morgan fingerprint density at radius 1 is 0.966 bits per heavy atom. The summed E-state index contributed by atoms with van der Waals surface area (Å²) in [6, 6.07) is 21.4. The molecule has 3 aromatic rings. The van der Waals surface area contributed by atoms with Gasteiger partial charge in [0.1, 0.15) is 0 Å². The van der Waals surface area contributed by atoms with E-state index in [1.807, 2.05) is 24.0 Å². The number of aryl methyl sites for hydroxylation is 1. The van der Waals surface area contributed by atoms with E-state index in [1.54, 1.807) is 7.05 Å². The highest BCUT2D eigenvalue weighted by Crippen LogP contribution is 2.27. The zero-order valence-electron chi connectivity index (χ0n) is 17.1. The standard InChI is InChI=1S/C23H29N5.HI/c1-19-17-27-28(18-19)16-15-26-23(24-2)25-14-13-22(20-9-5-3-6-10-20)21-11-7-4-8-12-21;/h3-12,17-18,22H,13-16H2,1-2H3,(H2,24,25,26);1H. The first kappa shape index (κ1) is 22.9. The lowest BCUT2D eigenvalue weighted by atomic mass is 9.88. The Hall–Kier alpha value is -2.35. The Bertz CT molecular complexity index is 822. The van der Waals surface area contributed by atoms with Gasteiger partial charge in [0.15, 0.2) is 5.96 Å². The van der Waals surface area contributed by atoms with E-state index >= 15 is 0 Å². The lowest BCUT2D eigenvalue weighted by Gasteiger charge is -2.19. The van der Waals surface area contributed by atoms with Crippen molar-refractivity contribution in [1.29, 1.82) is 0 Å². The zero-order valence-corrected chi connectivity index (χ0v) is 19.4. The lowest BCUT2D eigenvalue weighted by molar-refractivity contribution is 0.594. The van der Waals surface area contributed by atoms with Crippen molar-refractivity contribution in [2.24, 2.45) is 4.99 Å². The van der Waals surface area contributed by atoms with Crippen molar-refractivity contribution in [3.63, 3.8) is 0 Å². The summed E-state index contributed by atoms with van der Waals surface area (Å²) in [7, 11) is 1.80. The van der Waals surface area contributed by atoms with E-state index < -0.39 is 0 Å². The molecule has 5 nitrogen and oxygen atoms in total. The van der Waals surface area contributed by atoms with Gasteiger partial charge in [-0.25, -0.2) is 0 Å². The second kappa shape index (κ2) is 12.3. The van der Waals surface area contributed by atoms with Gasteiger partial charge in [0.25, 0.3) is 0 Å². The van der Waals surface area contributed by atoms with Crippen LogP contribution in [0.15, 0.2) is 78.0 Å². The number of hydrogen-bond donors (Lipinski definition) is 2. The molecule has 2 aromatic carbocycles. The average Bonchev–Trinajstić information content (AvgIpc) is 3.16. The number of aliphatic imine (C=N–C) groups is 1. The second-order valence-electron chi connectivity index (χ2n) is 6.87. The summed E-state index contributed by atoms with van der Waals surface area (Å²) in [6.45, 7) is 4.48. The third-order valence-electron chi connectivity index (χ3n) is 4.75. The fourth-order valence-corrected chi connectivity index (χ4v) is 3.33. The van der Waals surface area contributed by atoms with Crippen LogP contribution in [0.2, 0.25) is 0 Å². The van der Waals surface area contributed by atoms with Crippen molar-refractivity contribution in [2.45, 2.75) is 25.8 Å². The molecule has 0 fully saturated rings. The summed E-state index contributed by atoms with van der Waals surface area (Å²) in [5.74, 6) is 1.18. The minimum atomic E-state index is 0. The van der Waals surface area contributed by atoms with Gasteiger partial charge < -0.3 is 10.6 Å². The quantitative estimate of drug-likeness (QED) is 0.275. The summed E-state index contributed by atoms with van der Waals surface area (Å²) in [5, 5.41) is 11.1. The van der Waals surface area contributed by atoms with E-state index in [0.29, 0.717) is 5.92 Å². The molecule has 1 heterocycles. The van der Waals surface area contributed by atoms with Crippen LogP contribution in [-0.2, 0) is 6.54 Å². The molecule has 0 aliphatic rings. The first-order chi connectivity index (χ1) is 13.8. The number of guanidine groups is 1. The fourth-order valence-electron chi connectivity index (χ4n) is 3.33. The maximum absolute atomic E-state index is 4.33. The highest BCUT2D eigenvalue weighted by atomic mass is 127. The third-order valence-corrected chi connectivity index (χ3v) is 4.75. The Labute approximate surface area is 190 Å². The van der Waals surface area contributed by atoms with Crippen LogP contribution in [-0.4, -0.2) is 35.9 Å². The summed E-state index contributed by atoms with van der Waals surface area (Å²) in [6.07, 6.45) is 4.91. The molecule has 3 rings (SSSR count). The number of rotatable bonds is 8. The Kier molecular flexibility index (Phi) is 9.70. The molecule has 0 saturated heterocycles. The Morgan fingerprint density at radius 2 is 1.55 bits per heavy atom. The maximum Gasteiger partial charge on any atom is 0.191 e. The van der Waals surface area contributed by atoms with Crippen LogP contribution in [0.25, 0.3) is 0 Å². The summed E-state index contributed by atoms with van der Waals surface area (Å²) < 4.78 is 1.94. The van der Waals surface area contributed by atoms with Gasteiger partial charge in [-0.15, -0.1) is 24.0 Å². The van der Waals surface area contributed by atoms with E-state index in [9.17, 15) is 0 Å². The van der Waals surface area contributed by atoms with Crippen molar-refractivity contribution < 1.29 is 0 Å². The Morgan fingerprint density at radius 3 is 2.07 bits per heavy atom. The summed E-state index contributed by atoms with van der Waals surface area (Å²) >= 11 is 0. The van der Waals surface area contributed by atoms with Gasteiger partial charge in [-0.1, -0.05) is 60.7 Å². The molecular formula is C23H30IN5. The van der Waals surface area contributed by atoms with Crippen molar-refractivity contribution in [3.8, 4) is 0 Å². The largest absolute Gasteiger partial charge is 0.356 e. The SMILES string of the molecule is CN=C(NCCC(c1ccccc1)c1ccccc1)NCCn1cc(C)cn1.I. The first-order valence-corrected chi connectivity index (χ1v) is 9.79. The summed E-state index contributed by atoms with van der Waals surface area (Å²) in [5.41, 5.74) is 3.86. The smallest absolute Gasteiger partial charge is 0.191 e. The molecule has 1 aromatic heterocycles. The van der Waals surface area contributed by atoms with Gasteiger partial charge in [-0.05, 0) is 30.0 Å². The molecule has 0 amide bonds. The van der Waals surface area contributed by atoms with Gasteiger partial charge in [-0.2, -0.15) is 5.10 Å². The molecule has 0 atom stereocenters. The highest BCUT2D eigenvalue weighted by Gasteiger charge is 2.13. The highest BCUT2D eigenvalue weighted by molar-refractivity contribution is 14.0. The first-order valence-electron chi connectivity index (χ1n) is 9.79. The number of aromatic nitrogens is 2. The van der Waals surface area contributed by atoms with E-state index in [2.05, 4.69) is 81.4 Å². The minimum absolute atomic E-state index is 0. The van der Waals surface area contributed by atoms with Crippen molar-refractivity contribution in [3.05, 3.63) is 89.7 Å². The fraction of sp³-hybridized carbons (Fsp3) is 0.304. The second-order valence-corrected chi connectivity index (χ2v) is 6.87. The number of nitrogens with one attached hydrogen (secondary N) is 2. The topological polar surface area (TPSA) is 54.2 Å². The van der Waals surface area contributed by atoms with Crippen molar-refractivity contribution in [2.75, 3.05) is 20.1 Å². The molecule has 0 aliphatic heterocycles. The number of halogens is 1. The third kappa shape index (κ3) is 7.20. The maximum atomic E-state index is 4.33. The normalized spacial score (nSPS) is 11.2. The molecule has 0 bridgehead atoms. The zero-order chi connectivity index (χ0) is 19.6. The van der Waals surface area contributed by atoms with Crippen LogP contribution in [0.4, 0.5) is 0 Å². The van der Waals surface area contributed by atoms with Gasteiger partial charge in [0.05, 0.1) is 12.7 Å². The monoisotopic (exact) mass is 503 g/mol. The molecule has 0 spiro atoms. The van der Waals surface area contributed by atoms with Crippen LogP contribution < -0.4 is 10.6 Å².